The monoisotopic (exact) mass is 477 g/mol. The Balaban J connectivity index is 1.77. The Morgan fingerprint density at radius 2 is 1.73 bits per heavy atom. The molecule has 1 heterocycles. The summed E-state index contributed by atoms with van der Waals surface area (Å²) >= 11 is 12.6. The molecule has 2 aliphatic carbocycles. The molecule has 3 atom stereocenters. The third-order valence-electron chi connectivity index (χ3n) is 7.24. The summed E-state index contributed by atoms with van der Waals surface area (Å²) < 4.78 is 0. The van der Waals surface area contributed by atoms with Crippen LogP contribution in [0.2, 0.25) is 5.02 Å². The van der Waals surface area contributed by atoms with Gasteiger partial charge in [0, 0.05) is 27.7 Å². The number of carbonyl (C=O) groups excluding carboxylic acids is 2. The number of benzene rings is 2. The highest BCUT2D eigenvalue weighted by Gasteiger charge is 2.56. The third kappa shape index (κ3) is 3.50. The molecule has 2 aromatic rings. The van der Waals surface area contributed by atoms with E-state index < -0.39 is 5.41 Å². The lowest BCUT2D eigenvalue weighted by Crippen LogP contribution is -2.47. The van der Waals surface area contributed by atoms with Crippen molar-refractivity contribution < 1.29 is 9.59 Å². The Bertz CT molecular complexity index is 1280. The van der Waals surface area contributed by atoms with Crippen molar-refractivity contribution in [3.63, 3.8) is 0 Å². The van der Waals surface area contributed by atoms with E-state index in [4.69, 9.17) is 23.2 Å². The number of allylic oxidation sites excluding steroid dienone is 5. The van der Waals surface area contributed by atoms with E-state index in [9.17, 15) is 9.59 Å². The van der Waals surface area contributed by atoms with Crippen LogP contribution in [0.5, 0.6) is 0 Å². The van der Waals surface area contributed by atoms with E-state index in [-0.39, 0.29) is 29.9 Å². The summed E-state index contributed by atoms with van der Waals surface area (Å²) in [5, 5.41) is 4.35. The molecule has 168 valence electrons. The van der Waals surface area contributed by atoms with Gasteiger partial charge in [0.2, 0.25) is 5.91 Å². The molecule has 2 aromatic carbocycles. The number of Topliss-reactive ketones (excluding diaryl/α,β-unsaturated/α-hetero) is 1. The Morgan fingerprint density at radius 3 is 2.42 bits per heavy atom. The molecule has 1 N–H and O–H groups in total. The number of nitrogens with one attached hydrogen (secondary N) is 1. The largest absolute Gasteiger partial charge is 0.325 e. The number of amides is 1. The minimum absolute atomic E-state index is 0.0307. The quantitative estimate of drug-likeness (QED) is 0.515. The fourth-order valence-corrected chi connectivity index (χ4v) is 6.39. The lowest BCUT2D eigenvalue weighted by Gasteiger charge is -2.42. The number of anilines is 1. The smallest absolute Gasteiger partial charge is 0.239 e. The zero-order chi connectivity index (χ0) is 23.5. The van der Waals surface area contributed by atoms with Crippen molar-refractivity contribution in [2.75, 3.05) is 5.32 Å². The number of hydrogen-bond acceptors (Lipinski definition) is 2. The second-order valence-corrected chi connectivity index (χ2v) is 10.4. The highest BCUT2D eigenvalue weighted by Crippen LogP contribution is 2.54. The maximum atomic E-state index is 13.8. The molecule has 0 aromatic heterocycles. The SMILES string of the molecule is Cc1cc(C)c(C2=C[C@@]3(C(=O)Nc4cc(Cl)ccc43)[C@H](C3C=CC=C(Cl)C3)CC2=O)c(C)c1. The van der Waals surface area contributed by atoms with Gasteiger partial charge >= 0.3 is 0 Å². The van der Waals surface area contributed by atoms with Crippen molar-refractivity contribution in [2.45, 2.75) is 39.0 Å². The Morgan fingerprint density at radius 1 is 1.00 bits per heavy atom. The fourth-order valence-electron chi connectivity index (χ4n) is 5.97. The third-order valence-corrected chi connectivity index (χ3v) is 7.76. The number of carbonyl (C=O) groups is 2. The zero-order valence-corrected chi connectivity index (χ0v) is 20.3. The molecule has 5 rings (SSSR count). The van der Waals surface area contributed by atoms with Crippen molar-refractivity contribution in [3.05, 3.63) is 92.5 Å². The maximum absolute atomic E-state index is 13.8. The van der Waals surface area contributed by atoms with Gasteiger partial charge in [0.1, 0.15) is 0 Å². The molecule has 0 saturated heterocycles. The van der Waals surface area contributed by atoms with Crippen LogP contribution in [0.3, 0.4) is 0 Å². The molecular weight excluding hydrogens is 453 g/mol. The number of ketones is 1. The highest BCUT2D eigenvalue weighted by molar-refractivity contribution is 6.31. The average molecular weight is 478 g/mol. The van der Waals surface area contributed by atoms with Crippen molar-refractivity contribution in [1.29, 1.82) is 0 Å². The van der Waals surface area contributed by atoms with E-state index >= 15 is 0 Å². The molecule has 1 aliphatic heterocycles. The summed E-state index contributed by atoms with van der Waals surface area (Å²) in [7, 11) is 0. The molecule has 5 heteroatoms. The van der Waals surface area contributed by atoms with Crippen LogP contribution in [-0.2, 0) is 15.0 Å². The van der Waals surface area contributed by atoms with Gasteiger partial charge in [0.05, 0.1) is 5.41 Å². The van der Waals surface area contributed by atoms with E-state index in [0.717, 1.165) is 32.8 Å². The number of hydrogen-bond donors (Lipinski definition) is 1. The molecular formula is C28H25Cl2NO2. The van der Waals surface area contributed by atoms with E-state index in [1.807, 2.05) is 44.2 Å². The average Bonchev–Trinajstić information content (AvgIpc) is 3.00. The summed E-state index contributed by atoms with van der Waals surface area (Å²) in [6.07, 6.45) is 8.69. The molecule has 0 bridgehead atoms. The van der Waals surface area contributed by atoms with Gasteiger partial charge < -0.3 is 5.32 Å². The Hall–Kier alpha value is -2.62. The maximum Gasteiger partial charge on any atom is 0.239 e. The van der Waals surface area contributed by atoms with Gasteiger partial charge in [0.15, 0.2) is 5.78 Å². The number of fused-ring (bicyclic) bond motifs is 2. The van der Waals surface area contributed by atoms with Crippen LogP contribution in [0.1, 0.15) is 40.7 Å². The molecule has 0 radical (unpaired) electrons. The molecule has 0 fully saturated rings. The van der Waals surface area contributed by atoms with Gasteiger partial charge in [-0.2, -0.15) is 0 Å². The van der Waals surface area contributed by atoms with Crippen molar-refractivity contribution in [1.82, 2.24) is 0 Å². The topological polar surface area (TPSA) is 46.2 Å². The van der Waals surface area contributed by atoms with Crippen LogP contribution in [0.4, 0.5) is 5.69 Å². The fraction of sp³-hybridized carbons (Fsp3) is 0.286. The predicted octanol–water partition coefficient (Wildman–Crippen LogP) is 6.83. The van der Waals surface area contributed by atoms with Crippen LogP contribution >= 0.6 is 23.2 Å². The summed E-state index contributed by atoms with van der Waals surface area (Å²) in [6, 6.07) is 9.70. The van der Waals surface area contributed by atoms with Crippen LogP contribution < -0.4 is 5.32 Å². The molecule has 3 aliphatic rings. The summed E-state index contributed by atoms with van der Waals surface area (Å²) in [4.78, 5) is 27.4. The first-order chi connectivity index (χ1) is 15.7. The molecule has 1 spiro atoms. The number of rotatable bonds is 2. The second kappa shape index (κ2) is 8.00. The minimum Gasteiger partial charge on any atom is -0.325 e. The van der Waals surface area contributed by atoms with Crippen LogP contribution in [-0.4, -0.2) is 11.7 Å². The number of aryl methyl sites for hydroxylation is 3. The molecule has 1 unspecified atom stereocenters. The van der Waals surface area contributed by atoms with Gasteiger partial charge in [-0.25, -0.2) is 0 Å². The predicted molar refractivity (Wildman–Crippen MR) is 135 cm³/mol. The zero-order valence-electron chi connectivity index (χ0n) is 18.8. The van der Waals surface area contributed by atoms with Crippen molar-refractivity contribution in [2.24, 2.45) is 11.8 Å². The van der Waals surface area contributed by atoms with Crippen LogP contribution in [0.15, 0.2) is 59.7 Å². The number of halogens is 2. The lowest BCUT2D eigenvalue weighted by atomic mass is 9.58. The van der Waals surface area contributed by atoms with Crippen molar-refractivity contribution >= 4 is 46.2 Å². The van der Waals surface area contributed by atoms with E-state index in [0.29, 0.717) is 22.7 Å². The standard InChI is InChI=1S/C28H25Cl2NO2/c1-15-9-16(2)26(17(3)10-15)21-14-28(22-8-7-20(30)12-24(22)31-27(28)33)23(13-25(21)32)18-5-4-6-19(29)11-18/h4-10,12,14,18,23H,11,13H2,1-3H3,(H,31,33)/t18?,23-,28-/m0/s1. The minimum atomic E-state index is -0.976. The lowest BCUT2D eigenvalue weighted by molar-refractivity contribution is -0.123. The first-order valence-electron chi connectivity index (χ1n) is 11.2. The van der Waals surface area contributed by atoms with Gasteiger partial charge in [-0.1, -0.05) is 65.2 Å². The molecule has 0 saturated carbocycles. The van der Waals surface area contributed by atoms with Gasteiger partial charge in [-0.3, -0.25) is 9.59 Å². The first kappa shape index (κ1) is 22.2. The first-order valence-corrected chi connectivity index (χ1v) is 11.9. The van der Waals surface area contributed by atoms with Gasteiger partial charge in [0.25, 0.3) is 0 Å². The van der Waals surface area contributed by atoms with Gasteiger partial charge in [-0.05, 0) is 79.5 Å². The summed E-state index contributed by atoms with van der Waals surface area (Å²) in [6.45, 7) is 6.10. The van der Waals surface area contributed by atoms with E-state index in [2.05, 4.69) is 30.4 Å². The second-order valence-electron chi connectivity index (χ2n) is 9.44. The van der Waals surface area contributed by atoms with Crippen molar-refractivity contribution in [3.8, 4) is 0 Å². The Labute approximate surface area is 204 Å². The Kier molecular flexibility index (Phi) is 5.38. The van der Waals surface area contributed by atoms with Crippen LogP contribution in [0.25, 0.3) is 5.57 Å². The highest BCUT2D eigenvalue weighted by atomic mass is 35.5. The summed E-state index contributed by atoms with van der Waals surface area (Å²) in [5.41, 5.74) is 5.39. The van der Waals surface area contributed by atoms with Gasteiger partial charge in [-0.15, -0.1) is 0 Å². The van der Waals surface area contributed by atoms with Crippen LogP contribution in [0, 0.1) is 32.6 Å². The normalized spacial score (nSPS) is 26.2. The molecule has 3 nitrogen and oxygen atoms in total. The van der Waals surface area contributed by atoms with E-state index in [1.54, 1.807) is 6.07 Å². The van der Waals surface area contributed by atoms with E-state index in [1.165, 1.54) is 0 Å². The molecule has 1 amide bonds. The molecule has 33 heavy (non-hydrogen) atoms. The summed E-state index contributed by atoms with van der Waals surface area (Å²) in [5.74, 6) is -0.330.